The van der Waals surface area contributed by atoms with E-state index in [9.17, 15) is 4.79 Å². The van der Waals surface area contributed by atoms with E-state index in [0.29, 0.717) is 6.42 Å². The van der Waals surface area contributed by atoms with Crippen LogP contribution in [0.15, 0.2) is 54.6 Å². The summed E-state index contributed by atoms with van der Waals surface area (Å²) < 4.78 is 11.2. The zero-order valence-electron chi connectivity index (χ0n) is 15.7. The van der Waals surface area contributed by atoms with E-state index in [0.717, 1.165) is 5.56 Å². The van der Waals surface area contributed by atoms with Crippen molar-refractivity contribution in [3.05, 3.63) is 60.2 Å². The smallest absolute Gasteiger partial charge is 0.330 e. The molecule has 0 unspecified atom stereocenters. The molecule has 0 amide bonds. The van der Waals surface area contributed by atoms with Crippen molar-refractivity contribution in [1.82, 2.24) is 0 Å². The zero-order valence-corrected chi connectivity index (χ0v) is 16.7. The van der Waals surface area contributed by atoms with E-state index in [2.05, 4.69) is 56.8 Å². The first kappa shape index (κ1) is 20.4. The van der Waals surface area contributed by atoms with E-state index in [1.54, 1.807) is 6.08 Å². The predicted octanol–water partition coefficient (Wildman–Crippen LogP) is 5.43. The van der Waals surface area contributed by atoms with Gasteiger partial charge in [-0.3, -0.25) is 0 Å². The van der Waals surface area contributed by atoms with Gasteiger partial charge in [-0.05, 0) is 30.1 Å². The Hall–Kier alpha value is -1.65. The van der Waals surface area contributed by atoms with Gasteiger partial charge in [-0.25, -0.2) is 4.79 Å². The van der Waals surface area contributed by atoms with Crippen LogP contribution in [0.3, 0.4) is 0 Å². The van der Waals surface area contributed by atoms with Crippen LogP contribution in [-0.4, -0.2) is 21.4 Å². The lowest BCUT2D eigenvalue weighted by molar-refractivity contribution is -0.134. The maximum atomic E-state index is 11.1. The Morgan fingerprint density at radius 2 is 1.79 bits per heavy atom. The maximum Gasteiger partial charge on any atom is 0.330 e. The largest absolute Gasteiger partial charge is 0.466 e. The first-order chi connectivity index (χ1) is 11.2. The molecule has 0 fully saturated rings. The number of ether oxygens (including phenoxy) is 1. The van der Waals surface area contributed by atoms with Crippen LogP contribution in [0, 0.1) is 0 Å². The van der Waals surface area contributed by atoms with Gasteiger partial charge in [-0.1, -0.05) is 69.3 Å². The summed E-state index contributed by atoms with van der Waals surface area (Å²) in [6.07, 6.45) is 7.94. The Bertz CT molecular complexity index is 568. The fourth-order valence-electron chi connectivity index (χ4n) is 1.87. The number of carbonyl (C=O) groups is 1. The molecule has 0 aliphatic heterocycles. The SMILES string of the molecule is COC(=O)/C=C\C/C=C/[C@H](O[Si](C)(C)C(C)(C)C)c1ccccc1. The summed E-state index contributed by atoms with van der Waals surface area (Å²) in [5.41, 5.74) is 1.15. The van der Waals surface area contributed by atoms with Gasteiger partial charge < -0.3 is 9.16 Å². The highest BCUT2D eigenvalue weighted by atomic mass is 28.4. The number of allylic oxidation sites excluding steroid dienone is 2. The monoisotopic (exact) mass is 346 g/mol. The molecule has 0 heterocycles. The summed E-state index contributed by atoms with van der Waals surface area (Å²) in [5.74, 6) is -0.333. The second-order valence-corrected chi connectivity index (χ2v) is 12.1. The van der Waals surface area contributed by atoms with Gasteiger partial charge in [-0.15, -0.1) is 0 Å². The number of hydrogen-bond acceptors (Lipinski definition) is 3. The van der Waals surface area contributed by atoms with Crippen molar-refractivity contribution in [3.8, 4) is 0 Å². The molecule has 0 radical (unpaired) electrons. The van der Waals surface area contributed by atoms with E-state index in [1.807, 2.05) is 24.3 Å². The van der Waals surface area contributed by atoms with Crippen molar-refractivity contribution >= 4 is 14.3 Å². The van der Waals surface area contributed by atoms with E-state index >= 15 is 0 Å². The number of carbonyl (C=O) groups excluding carboxylic acids is 1. The molecule has 4 heteroatoms. The summed E-state index contributed by atoms with van der Waals surface area (Å²) in [6.45, 7) is 11.2. The molecular weight excluding hydrogens is 316 g/mol. The van der Waals surface area contributed by atoms with E-state index in [4.69, 9.17) is 4.43 Å². The van der Waals surface area contributed by atoms with Crippen LogP contribution in [0.1, 0.15) is 38.9 Å². The Kier molecular flexibility index (Phi) is 7.64. The molecular formula is C20H30O3Si. The van der Waals surface area contributed by atoms with Crippen LogP contribution in [-0.2, 0) is 14.0 Å². The van der Waals surface area contributed by atoms with Crippen molar-refractivity contribution in [2.45, 2.75) is 51.4 Å². The van der Waals surface area contributed by atoms with Gasteiger partial charge in [0.15, 0.2) is 8.32 Å². The number of esters is 1. The number of methoxy groups -OCH3 is 1. The summed E-state index contributed by atoms with van der Waals surface area (Å²) in [6, 6.07) is 10.2. The van der Waals surface area contributed by atoms with Crippen molar-refractivity contribution in [3.63, 3.8) is 0 Å². The molecule has 0 aromatic heterocycles. The van der Waals surface area contributed by atoms with Gasteiger partial charge in [0.1, 0.15) is 0 Å². The van der Waals surface area contributed by atoms with Crippen molar-refractivity contribution < 1.29 is 14.0 Å². The van der Waals surface area contributed by atoms with Crippen LogP contribution in [0.2, 0.25) is 18.1 Å². The fourth-order valence-corrected chi connectivity index (χ4v) is 3.07. The molecule has 0 aliphatic carbocycles. The van der Waals surface area contributed by atoms with Crippen LogP contribution in [0.5, 0.6) is 0 Å². The van der Waals surface area contributed by atoms with Gasteiger partial charge in [0.2, 0.25) is 0 Å². The third-order valence-electron chi connectivity index (χ3n) is 4.39. The molecule has 24 heavy (non-hydrogen) atoms. The third-order valence-corrected chi connectivity index (χ3v) is 8.85. The molecule has 1 aromatic rings. The van der Waals surface area contributed by atoms with E-state index in [1.165, 1.54) is 13.2 Å². The molecule has 1 rings (SSSR count). The summed E-state index contributed by atoms with van der Waals surface area (Å²) in [5, 5.41) is 0.151. The highest BCUT2D eigenvalue weighted by molar-refractivity contribution is 6.74. The first-order valence-corrected chi connectivity index (χ1v) is 11.2. The molecule has 1 aromatic carbocycles. The minimum atomic E-state index is -1.89. The second kappa shape index (κ2) is 8.99. The number of hydrogen-bond donors (Lipinski definition) is 0. The molecule has 132 valence electrons. The topological polar surface area (TPSA) is 35.5 Å². The highest BCUT2D eigenvalue weighted by Crippen LogP contribution is 2.40. The quantitative estimate of drug-likeness (QED) is 0.286. The van der Waals surface area contributed by atoms with Crippen molar-refractivity contribution in [1.29, 1.82) is 0 Å². The fraction of sp³-hybridized carbons (Fsp3) is 0.450. The van der Waals surface area contributed by atoms with Crippen LogP contribution < -0.4 is 0 Å². The molecule has 0 N–H and O–H groups in total. The molecule has 1 atom stereocenters. The molecule has 0 spiro atoms. The highest BCUT2D eigenvalue weighted by Gasteiger charge is 2.38. The lowest BCUT2D eigenvalue weighted by Gasteiger charge is -2.38. The molecule has 0 aliphatic rings. The second-order valence-electron chi connectivity index (χ2n) is 7.30. The normalized spacial score (nSPS) is 14.2. The first-order valence-electron chi connectivity index (χ1n) is 8.31. The molecule has 0 bridgehead atoms. The minimum absolute atomic E-state index is 0.0707. The average molecular weight is 347 g/mol. The lowest BCUT2D eigenvalue weighted by Crippen LogP contribution is -2.41. The standard InChI is InChI=1S/C20H30O3Si/c1-20(2,3)24(5,6)23-18(17-13-9-7-10-14-17)15-11-8-12-16-19(21)22-4/h7,9-16,18H,8H2,1-6H3/b15-11+,16-12-/t18-/m0/s1. The maximum absolute atomic E-state index is 11.1. The Morgan fingerprint density at radius 1 is 1.17 bits per heavy atom. The molecule has 0 saturated heterocycles. The Balaban J connectivity index is 2.88. The Labute approximate surface area is 147 Å². The molecule has 0 saturated carbocycles. The van der Waals surface area contributed by atoms with Gasteiger partial charge >= 0.3 is 5.97 Å². The van der Waals surface area contributed by atoms with E-state index < -0.39 is 8.32 Å². The number of benzene rings is 1. The minimum Gasteiger partial charge on any atom is -0.466 e. The zero-order chi connectivity index (χ0) is 18.2. The van der Waals surface area contributed by atoms with Crippen molar-refractivity contribution in [2.24, 2.45) is 0 Å². The van der Waals surface area contributed by atoms with Gasteiger partial charge in [0.25, 0.3) is 0 Å². The predicted molar refractivity (Wildman–Crippen MR) is 102 cm³/mol. The summed E-state index contributed by atoms with van der Waals surface area (Å²) in [7, 11) is -0.510. The van der Waals surface area contributed by atoms with Crippen LogP contribution in [0.4, 0.5) is 0 Å². The average Bonchev–Trinajstić information content (AvgIpc) is 2.52. The van der Waals surface area contributed by atoms with Crippen LogP contribution in [0.25, 0.3) is 0 Å². The Morgan fingerprint density at radius 3 is 2.33 bits per heavy atom. The number of rotatable bonds is 7. The summed E-state index contributed by atoms with van der Waals surface area (Å²) in [4.78, 5) is 11.1. The summed E-state index contributed by atoms with van der Waals surface area (Å²) >= 11 is 0. The van der Waals surface area contributed by atoms with Gasteiger partial charge in [0, 0.05) is 6.08 Å². The third kappa shape index (κ3) is 6.46. The molecule has 3 nitrogen and oxygen atoms in total. The van der Waals surface area contributed by atoms with Gasteiger partial charge in [-0.2, -0.15) is 0 Å². The van der Waals surface area contributed by atoms with E-state index in [-0.39, 0.29) is 17.1 Å². The van der Waals surface area contributed by atoms with Crippen LogP contribution >= 0.6 is 0 Å². The van der Waals surface area contributed by atoms with Crippen molar-refractivity contribution in [2.75, 3.05) is 7.11 Å². The van der Waals surface area contributed by atoms with Gasteiger partial charge in [0.05, 0.1) is 13.2 Å². The lowest BCUT2D eigenvalue weighted by atomic mass is 10.1.